The topological polar surface area (TPSA) is 78.9 Å². The van der Waals surface area contributed by atoms with Crippen LogP contribution < -0.4 is 5.32 Å². The summed E-state index contributed by atoms with van der Waals surface area (Å²) in [5.74, 6) is 1.07. The summed E-state index contributed by atoms with van der Waals surface area (Å²) < 4.78 is 5.43. The van der Waals surface area contributed by atoms with E-state index >= 15 is 0 Å². The molecular formula is C15H21N3O2. The van der Waals surface area contributed by atoms with E-state index in [0.29, 0.717) is 18.7 Å². The van der Waals surface area contributed by atoms with Gasteiger partial charge < -0.3 is 9.73 Å². The molecule has 0 atom stereocenters. The van der Waals surface area contributed by atoms with Crippen LogP contribution in [0.1, 0.15) is 55.9 Å². The Morgan fingerprint density at radius 3 is 2.50 bits per heavy atom. The fraction of sp³-hybridized carbons (Fsp3) is 0.667. The van der Waals surface area contributed by atoms with E-state index in [9.17, 15) is 10.1 Å². The number of hydrogen-bond donors (Lipinski definition) is 1. The highest BCUT2D eigenvalue weighted by molar-refractivity contribution is 5.85. The van der Waals surface area contributed by atoms with E-state index in [-0.39, 0.29) is 12.5 Å². The molecular weight excluding hydrogens is 254 g/mol. The first kappa shape index (κ1) is 14.6. The Hall–Kier alpha value is -1.83. The SMILES string of the molecule is Cc1nc(CNC(=O)C2(C#N)CCCCCC2)oc1C. The minimum atomic E-state index is -0.868. The maximum Gasteiger partial charge on any atom is 0.240 e. The lowest BCUT2D eigenvalue weighted by Gasteiger charge is -2.23. The monoisotopic (exact) mass is 275 g/mol. The Balaban J connectivity index is 2.00. The van der Waals surface area contributed by atoms with Gasteiger partial charge in [-0.15, -0.1) is 0 Å². The van der Waals surface area contributed by atoms with E-state index in [2.05, 4.69) is 16.4 Å². The molecule has 1 amide bonds. The maximum absolute atomic E-state index is 12.4. The Bertz CT molecular complexity index is 500. The zero-order valence-electron chi connectivity index (χ0n) is 12.2. The third-order valence-electron chi connectivity index (χ3n) is 4.08. The molecule has 0 saturated heterocycles. The number of oxazole rings is 1. The van der Waals surface area contributed by atoms with Crippen LogP contribution in [0.25, 0.3) is 0 Å². The zero-order chi connectivity index (χ0) is 14.6. The van der Waals surface area contributed by atoms with E-state index in [1.165, 1.54) is 0 Å². The standard InChI is InChI=1S/C15H21N3O2/c1-11-12(2)20-13(18-11)9-17-14(19)15(10-16)7-5-3-4-6-8-15/h3-9H2,1-2H3,(H,17,19). The van der Waals surface area contributed by atoms with Crippen molar-refractivity contribution in [1.82, 2.24) is 10.3 Å². The summed E-state index contributed by atoms with van der Waals surface area (Å²) in [5, 5.41) is 12.2. The molecule has 1 aromatic rings. The van der Waals surface area contributed by atoms with Crippen molar-refractivity contribution in [1.29, 1.82) is 5.26 Å². The highest BCUT2D eigenvalue weighted by atomic mass is 16.4. The first-order chi connectivity index (χ1) is 9.57. The first-order valence-electron chi connectivity index (χ1n) is 7.20. The quantitative estimate of drug-likeness (QED) is 0.860. The average Bonchev–Trinajstić information content (AvgIpc) is 2.67. The average molecular weight is 275 g/mol. The van der Waals surface area contributed by atoms with Gasteiger partial charge in [0, 0.05) is 0 Å². The molecule has 2 rings (SSSR count). The van der Waals surface area contributed by atoms with Crippen molar-refractivity contribution in [3.05, 3.63) is 17.3 Å². The van der Waals surface area contributed by atoms with Crippen LogP contribution in [-0.2, 0) is 11.3 Å². The lowest BCUT2D eigenvalue weighted by atomic mass is 9.81. The lowest BCUT2D eigenvalue weighted by Crippen LogP contribution is -2.39. The largest absolute Gasteiger partial charge is 0.444 e. The van der Waals surface area contributed by atoms with E-state index in [4.69, 9.17) is 4.42 Å². The number of carbonyl (C=O) groups excluding carboxylic acids is 1. The first-order valence-corrected chi connectivity index (χ1v) is 7.20. The fourth-order valence-corrected chi connectivity index (χ4v) is 2.66. The van der Waals surface area contributed by atoms with Crippen molar-refractivity contribution in [2.45, 2.75) is 58.9 Å². The number of amides is 1. The summed E-state index contributed by atoms with van der Waals surface area (Å²) in [6.07, 6.45) is 5.40. The summed E-state index contributed by atoms with van der Waals surface area (Å²) in [7, 11) is 0. The highest BCUT2D eigenvalue weighted by Gasteiger charge is 2.38. The van der Waals surface area contributed by atoms with Crippen molar-refractivity contribution in [3.63, 3.8) is 0 Å². The third-order valence-corrected chi connectivity index (χ3v) is 4.08. The second-order valence-electron chi connectivity index (χ2n) is 5.54. The van der Waals surface area contributed by atoms with Crippen LogP contribution in [0, 0.1) is 30.6 Å². The van der Waals surface area contributed by atoms with E-state index < -0.39 is 5.41 Å². The molecule has 1 aliphatic carbocycles. The molecule has 1 saturated carbocycles. The van der Waals surface area contributed by atoms with Crippen LogP contribution in [-0.4, -0.2) is 10.9 Å². The lowest BCUT2D eigenvalue weighted by molar-refractivity contribution is -0.129. The number of hydrogen-bond acceptors (Lipinski definition) is 4. The van der Waals surface area contributed by atoms with Gasteiger partial charge in [-0.1, -0.05) is 25.7 Å². The smallest absolute Gasteiger partial charge is 0.240 e. The Labute approximate surface area is 119 Å². The number of nitriles is 1. The molecule has 0 unspecified atom stereocenters. The van der Waals surface area contributed by atoms with Crippen LogP contribution in [0.4, 0.5) is 0 Å². The van der Waals surface area contributed by atoms with Gasteiger partial charge >= 0.3 is 0 Å². The summed E-state index contributed by atoms with van der Waals surface area (Å²) in [6, 6.07) is 2.25. The van der Waals surface area contributed by atoms with Gasteiger partial charge in [0.2, 0.25) is 11.8 Å². The normalized spacial score (nSPS) is 18.1. The molecule has 0 aliphatic heterocycles. The molecule has 1 fully saturated rings. The van der Waals surface area contributed by atoms with Crippen LogP contribution in [0.3, 0.4) is 0 Å². The Morgan fingerprint density at radius 1 is 1.35 bits per heavy atom. The summed E-state index contributed by atoms with van der Waals surface area (Å²) in [4.78, 5) is 16.6. The number of carbonyl (C=O) groups is 1. The number of rotatable bonds is 3. The molecule has 0 bridgehead atoms. The van der Waals surface area contributed by atoms with E-state index in [1.807, 2.05) is 13.8 Å². The summed E-state index contributed by atoms with van der Waals surface area (Å²) in [5.41, 5.74) is -0.0357. The van der Waals surface area contributed by atoms with E-state index in [1.54, 1.807) is 0 Å². The molecule has 1 heterocycles. The van der Waals surface area contributed by atoms with Crippen LogP contribution >= 0.6 is 0 Å². The molecule has 0 aromatic carbocycles. The minimum Gasteiger partial charge on any atom is -0.444 e. The van der Waals surface area contributed by atoms with Gasteiger partial charge in [0.05, 0.1) is 18.3 Å². The Kier molecular flexibility index (Phi) is 4.43. The third kappa shape index (κ3) is 3.01. The van der Waals surface area contributed by atoms with Crippen molar-refractivity contribution < 1.29 is 9.21 Å². The molecule has 0 radical (unpaired) electrons. The van der Waals surface area contributed by atoms with Crippen LogP contribution in [0.15, 0.2) is 4.42 Å². The molecule has 1 aliphatic rings. The molecule has 5 nitrogen and oxygen atoms in total. The highest BCUT2D eigenvalue weighted by Crippen LogP contribution is 2.34. The number of aryl methyl sites for hydroxylation is 2. The van der Waals surface area contributed by atoms with Crippen LogP contribution in [0.5, 0.6) is 0 Å². The second-order valence-corrected chi connectivity index (χ2v) is 5.54. The maximum atomic E-state index is 12.4. The number of nitrogens with zero attached hydrogens (tertiary/aromatic N) is 2. The molecule has 0 spiro atoms. The summed E-state index contributed by atoms with van der Waals surface area (Å²) in [6.45, 7) is 3.96. The van der Waals surface area contributed by atoms with Crippen molar-refractivity contribution >= 4 is 5.91 Å². The van der Waals surface area contributed by atoms with Gasteiger partial charge in [0.1, 0.15) is 11.2 Å². The molecule has 5 heteroatoms. The van der Waals surface area contributed by atoms with Gasteiger partial charge in [-0.3, -0.25) is 4.79 Å². The Morgan fingerprint density at radius 2 is 2.00 bits per heavy atom. The van der Waals surface area contributed by atoms with Crippen molar-refractivity contribution in [2.75, 3.05) is 0 Å². The summed E-state index contributed by atoms with van der Waals surface area (Å²) >= 11 is 0. The van der Waals surface area contributed by atoms with Crippen molar-refractivity contribution in [3.8, 4) is 6.07 Å². The van der Waals surface area contributed by atoms with E-state index in [0.717, 1.165) is 37.1 Å². The minimum absolute atomic E-state index is 0.185. The van der Waals surface area contributed by atoms with Gasteiger partial charge in [-0.25, -0.2) is 4.98 Å². The number of aromatic nitrogens is 1. The molecule has 108 valence electrons. The predicted molar refractivity (Wildman–Crippen MR) is 73.6 cm³/mol. The fourth-order valence-electron chi connectivity index (χ4n) is 2.66. The van der Waals surface area contributed by atoms with Crippen molar-refractivity contribution in [2.24, 2.45) is 5.41 Å². The van der Waals surface area contributed by atoms with Gasteiger partial charge in [-0.05, 0) is 26.7 Å². The van der Waals surface area contributed by atoms with Gasteiger partial charge in [0.25, 0.3) is 0 Å². The van der Waals surface area contributed by atoms with Crippen LogP contribution in [0.2, 0.25) is 0 Å². The zero-order valence-corrected chi connectivity index (χ0v) is 12.2. The van der Waals surface area contributed by atoms with Gasteiger partial charge in [0.15, 0.2) is 0 Å². The predicted octanol–water partition coefficient (Wildman–Crippen LogP) is 2.77. The molecule has 1 aromatic heterocycles. The molecule has 1 N–H and O–H groups in total. The van der Waals surface area contributed by atoms with Gasteiger partial charge in [-0.2, -0.15) is 5.26 Å². The number of nitrogens with one attached hydrogen (secondary N) is 1. The molecule has 20 heavy (non-hydrogen) atoms. The second kappa shape index (κ2) is 6.08.